The second kappa shape index (κ2) is 15.7. The first-order valence-electron chi connectivity index (χ1n) is 18.7. The number of imidazole rings is 2. The molecule has 54 heavy (non-hydrogen) atoms. The lowest BCUT2D eigenvalue weighted by Crippen LogP contribution is -2.37. The van der Waals surface area contributed by atoms with Crippen LogP contribution >= 0.6 is 10.0 Å². The highest BCUT2D eigenvalue weighted by atomic mass is 32.3. The average Bonchev–Trinajstić information content (AvgIpc) is 3.91. The molecule has 0 spiro atoms. The van der Waals surface area contributed by atoms with Crippen LogP contribution in [0.15, 0.2) is 49.1 Å². The van der Waals surface area contributed by atoms with Crippen molar-refractivity contribution in [2.45, 2.75) is 97.2 Å². The van der Waals surface area contributed by atoms with Gasteiger partial charge in [0, 0.05) is 43.8 Å². The topological polar surface area (TPSA) is 141 Å². The van der Waals surface area contributed by atoms with Crippen molar-refractivity contribution in [1.82, 2.24) is 39.3 Å². The molecule has 6 rings (SSSR count). The molecular formula is C40H58N8O5S. The molecule has 1 N–H and O–H groups in total. The summed E-state index contributed by atoms with van der Waals surface area (Å²) in [6, 6.07) is 7.64. The lowest BCUT2D eigenvalue weighted by molar-refractivity contribution is 0.0199. The van der Waals surface area contributed by atoms with Crippen LogP contribution in [0, 0.1) is 0 Å². The Morgan fingerprint density at radius 3 is 1.94 bits per heavy atom. The first-order valence-corrected chi connectivity index (χ1v) is 21.7. The lowest BCUT2D eigenvalue weighted by Gasteiger charge is -2.29. The van der Waals surface area contributed by atoms with E-state index in [0.29, 0.717) is 32.3 Å². The molecule has 2 aliphatic rings. The Morgan fingerprint density at radius 2 is 1.35 bits per heavy atom. The molecule has 0 aliphatic carbocycles. The number of likely N-dealkylation sites (tertiary alicyclic amines) is 2. The second-order valence-corrected chi connectivity index (χ2v) is 21.6. The molecule has 0 bridgehead atoms. The second-order valence-electron chi connectivity index (χ2n) is 17.0. The van der Waals surface area contributed by atoms with Crippen LogP contribution in [0.4, 0.5) is 9.59 Å². The Bertz CT molecular complexity index is 1910. The van der Waals surface area contributed by atoms with E-state index in [9.17, 15) is 9.59 Å². The van der Waals surface area contributed by atoms with E-state index in [1.807, 2.05) is 90.6 Å². The molecule has 294 valence electrons. The monoisotopic (exact) mass is 762 g/mol. The van der Waals surface area contributed by atoms with Crippen LogP contribution in [0.5, 0.6) is 0 Å². The number of hydrogen-bond donors (Lipinski definition) is 1. The van der Waals surface area contributed by atoms with Gasteiger partial charge in [-0.15, -0.1) is 0 Å². The number of carbonyl (C=O) groups is 2. The van der Waals surface area contributed by atoms with Crippen molar-refractivity contribution < 1.29 is 25.2 Å². The Kier molecular flexibility index (Phi) is 11.4. The number of ether oxygens (including phenoxy) is 3. The fourth-order valence-electron chi connectivity index (χ4n) is 6.71. The Hall–Kier alpha value is -4.43. The van der Waals surface area contributed by atoms with Gasteiger partial charge in [0.1, 0.15) is 29.6 Å². The van der Waals surface area contributed by atoms with E-state index in [2.05, 4.69) is 33.3 Å². The van der Waals surface area contributed by atoms with Gasteiger partial charge in [0.2, 0.25) is 0 Å². The van der Waals surface area contributed by atoms with Gasteiger partial charge in [-0.3, -0.25) is 9.80 Å². The molecule has 2 atom stereocenters. The number of benzene rings is 1. The van der Waals surface area contributed by atoms with Crippen LogP contribution in [0.25, 0.3) is 33.9 Å². The van der Waals surface area contributed by atoms with Gasteiger partial charge >= 0.3 is 12.2 Å². The predicted molar refractivity (Wildman–Crippen MR) is 214 cm³/mol. The molecule has 0 radical (unpaired) electrons. The third-order valence-corrected chi connectivity index (χ3v) is 10.7. The van der Waals surface area contributed by atoms with E-state index >= 15 is 0 Å². The highest BCUT2D eigenvalue weighted by Crippen LogP contribution is 2.37. The maximum absolute atomic E-state index is 13.2. The lowest BCUT2D eigenvalue weighted by atomic mass is 10.1. The third-order valence-electron chi connectivity index (χ3n) is 9.32. The van der Waals surface area contributed by atoms with Crippen LogP contribution in [0.1, 0.15) is 92.4 Å². The molecule has 0 saturated carbocycles. The van der Waals surface area contributed by atoms with E-state index in [4.69, 9.17) is 29.2 Å². The van der Waals surface area contributed by atoms with Gasteiger partial charge in [-0.05, 0) is 91.6 Å². The molecule has 1 aromatic carbocycles. The van der Waals surface area contributed by atoms with Gasteiger partial charge in [0.15, 0.2) is 5.82 Å². The van der Waals surface area contributed by atoms with Gasteiger partial charge in [-0.1, -0.05) is 24.3 Å². The van der Waals surface area contributed by atoms with E-state index in [-0.39, 0.29) is 25.7 Å². The molecule has 4 aromatic rings. The summed E-state index contributed by atoms with van der Waals surface area (Å²) >= 11 is 0. The molecule has 2 aliphatic heterocycles. The van der Waals surface area contributed by atoms with Gasteiger partial charge in [-0.2, -0.15) is 0 Å². The summed E-state index contributed by atoms with van der Waals surface area (Å²) in [6.45, 7) is 13.5. The van der Waals surface area contributed by atoms with E-state index in [1.54, 1.807) is 9.80 Å². The fraction of sp³-hybridized carbons (Fsp3) is 0.550. The zero-order chi connectivity index (χ0) is 38.8. The van der Waals surface area contributed by atoms with Crippen molar-refractivity contribution in [3.63, 3.8) is 0 Å². The van der Waals surface area contributed by atoms with Crippen molar-refractivity contribution in [3.8, 4) is 33.9 Å². The third kappa shape index (κ3) is 9.62. The SMILES string of the molecule is CC(C)(C)OC(=O)N1CCC[C@H]1c1ncc(-c2ccc(-c3ncc(-c4cnc([C@@H]5CCCN5C(=O)OC(C)(C)C)n4COCCS(C)(C)C)cn3)cc2)[nH]1.[HH]. The minimum atomic E-state index is -0.714. The predicted octanol–water partition coefficient (Wildman–Crippen LogP) is 8.46. The minimum absolute atomic E-state index is 0. The van der Waals surface area contributed by atoms with Gasteiger partial charge in [0.25, 0.3) is 0 Å². The molecule has 2 fully saturated rings. The zero-order valence-corrected chi connectivity index (χ0v) is 34.0. The molecule has 13 nitrogen and oxygen atoms in total. The van der Waals surface area contributed by atoms with Crippen molar-refractivity contribution in [3.05, 3.63) is 60.7 Å². The number of hydrogen-bond acceptors (Lipinski definition) is 9. The first kappa shape index (κ1) is 39.3. The Morgan fingerprint density at radius 1 is 0.778 bits per heavy atom. The summed E-state index contributed by atoms with van der Waals surface area (Å²) < 4.78 is 19.7. The van der Waals surface area contributed by atoms with Crippen LogP contribution in [-0.2, 0) is 20.9 Å². The highest BCUT2D eigenvalue weighted by Gasteiger charge is 2.37. The highest BCUT2D eigenvalue weighted by molar-refractivity contribution is 8.32. The van der Waals surface area contributed by atoms with E-state index in [0.717, 1.165) is 71.2 Å². The smallest absolute Gasteiger partial charge is 0.410 e. The minimum Gasteiger partial charge on any atom is -0.444 e. The van der Waals surface area contributed by atoms with Crippen LogP contribution in [0.3, 0.4) is 0 Å². The van der Waals surface area contributed by atoms with Gasteiger partial charge in [-0.25, -0.2) is 39.6 Å². The summed E-state index contributed by atoms with van der Waals surface area (Å²) in [5, 5.41) is 0. The van der Waals surface area contributed by atoms with Crippen LogP contribution < -0.4 is 0 Å². The number of carbonyl (C=O) groups excluding carboxylic acids is 2. The number of rotatable bonds is 10. The van der Waals surface area contributed by atoms with Gasteiger partial charge < -0.3 is 23.8 Å². The zero-order valence-electron chi connectivity index (χ0n) is 33.2. The summed E-state index contributed by atoms with van der Waals surface area (Å²) in [4.78, 5) is 52.0. The molecule has 2 amide bonds. The number of nitrogens with zero attached hydrogens (tertiary/aromatic N) is 7. The number of H-pyrrole nitrogens is 1. The molecule has 3 aromatic heterocycles. The van der Waals surface area contributed by atoms with E-state index in [1.165, 1.54) is 0 Å². The van der Waals surface area contributed by atoms with Crippen molar-refractivity contribution >= 4 is 22.2 Å². The number of amides is 2. The molecule has 14 heteroatoms. The van der Waals surface area contributed by atoms with Crippen molar-refractivity contribution in [2.75, 3.05) is 44.2 Å². The average molecular weight is 763 g/mol. The summed E-state index contributed by atoms with van der Waals surface area (Å²) in [5.74, 6) is 3.11. The summed E-state index contributed by atoms with van der Waals surface area (Å²) in [7, 11) is -0.714. The maximum Gasteiger partial charge on any atom is 0.410 e. The summed E-state index contributed by atoms with van der Waals surface area (Å²) in [6.07, 6.45) is 16.8. The molecular weight excluding hydrogens is 705 g/mol. The van der Waals surface area contributed by atoms with Crippen molar-refractivity contribution in [2.24, 2.45) is 0 Å². The number of aromatic nitrogens is 6. The number of aromatic amines is 1. The standard InChI is InChI=1S/C40H56N8O5S.H2/c1-39(2,3)52-37(49)46-18-10-12-31(46)35-43-24-30(45-35)27-14-16-28(17-15-27)34-41-22-29(23-42-34)33-25-44-36(48(33)26-51-20-21-54(7,8)9)32-13-11-19-47(32)38(50)53-40(4,5)6;/h14-17,22-25,31-32H,10-13,18-21,26H2,1-9H3,(H,43,45);1H/t31-,32-;/m0./s1. The van der Waals surface area contributed by atoms with Crippen LogP contribution in [0.2, 0.25) is 0 Å². The molecule has 0 unspecified atom stereocenters. The first-order chi connectivity index (χ1) is 25.5. The maximum atomic E-state index is 13.2. The summed E-state index contributed by atoms with van der Waals surface area (Å²) in [5.41, 5.74) is 3.19. The fourth-order valence-corrected chi connectivity index (χ4v) is 7.33. The van der Waals surface area contributed by atoms with Crippen LogP contribution in [-0.4, -0.2) is 107 Å². The largest absolute Gasteiger partial charge is 0.444 e. The van der Waals surface area contributed by atoms with E-state index < -0.39 is 21.2 Å². The Labute approximate surface area is 322 Å². The quantitative estimate of drug-likeness (QED) is 0.158. The molecule has 2 saturated heterocycles. The number of nitrogens with one attached hydrogen (secondary N) is 1. The molecule has 5 heterocycles. The Balaban J connectivity index is 0.00000580. The van der Waals surface area contributed by atoms with Gasteiger partial charge in [0.05, 0.1) is 42.5 Å². The normalized spacial score (nSPS) is 18.3. The van der Waals surface area contributed by atoms with Crippen molar-refractivity contribution in [1.29, 1.82) is 0 Å².